The van der Waals surface area contributed by atoms with E-state index in [-0.39, 0.29) is 0 Å². The Bertz CT molecular complexity index is 773. The summed E-state index contributed by atoms with van der Waals surface area (Å²) < 4.78 is 23.0. The van der Waals surface area contributed by atoms with E-state index in [0.29, 0.717) is 5.01 Å². The molecule has 3 rings (SSSR count). The van der Waals surface area contributed by atoms with E-state index in [1.165, 1.54) is 16.7 Å². The predicted octanol–water partition coefficient (Wildman–Crippen LogP) is 3.19. The van der Waals surface area contributed by atoms with Gasteiger partial charge in [0.25, 0.3) is 0 Å². The highest BCUT2D eigenvalue weighted by atomic mass is 32.2. The molecule has 3 nitrogen and oxygen atoms in total. The second-order valence-electron chi connectivity index (χ2n) is 5.73. The number of sulfone groups is 1. The largest absolute Gasteiger partial charge is 0.239 e. The van der Waals surface area contributed by atoms with E-state index in [9.17, 15) is 8.42 Å². The molecule has 1 aromatic carbocycles. The molecule has 20 heavy (non-hydrogen) atoms. The smallest absolute Gasteiger partial charge is 0.159 e. The van der Waals surface area contributed by atoms with Crippen molar-refractivity contribution in [3.8, 4) is 11.3 Å². The maximum absolute atomic E-state index is 12.0. The van der Waals surface area contributed by atoms with Crippen LogP contribution in [0.4, 0.5) is 0 Å². The standard InChI is InChI=1S/C15H17NO2S2/c1-15(2,20(3,17)18)14-16-13-11-7-5-4-6-10(11)8-9-12(13)19-14/h4-7H,8-9H2,1-3H3. The van der Waals surface area contributed by atoms with Crippen LogP contribution in [0.1, 0.15) is 29.3 Å². The van der Waals surface area contributed by atoms with Gasteiger partial charge in [-0.25, -0.2) is 13.4 Å². The van der Waals surface area contributed by atoms with E-state index >= 15 is 0 Å². The zero-order chi connectivity index (χ0) is 14.5. The van der Waals surface area contributed by atoms with E-state index in [1.54, 1.807) is 25.2 Å². The maximum Gasteiger partial charge on any atom is 0.159 e. The predicted molar refractivity (Wildman–Crippen MR) is 82.8 cm³/mol. The fourth-order valence-corrected chi connectivity index (χ4v) is 4.38. The first-order valence-corrected chi connectivity index (χ1v) is 9.29. The van der Waals surface area contributed by atoms with Gasteiger partial charge in [0.2, 0.25) is 0 Å². The van der Waals surface area contributed by atoms with Gasteiger partial charge in [-0.2, -0.15) is 0 Å². The van der Waals surface area contributed by atoms with E-state index < -0.39 is 14.6 Å². The van der Waals surface area contributed by atoms with Gasteiger partial charge in [0, 0.05) is 16.7 Å². The molecule has 5 heteroatoms. The number of aryl methyl sites for hydroxylation is 2. The summed E-state index contributed by atoms with van der Waals surface area (Å²) in [5.74, 6) is 0. The maximum atomic E-state index is 12.0. The number of nitrogens with zero attached hydrogens (tertiary/aromatic N) is 1. The quantitative estimate of drug-likeness (QED) is 0.856. The Labute approximate surface area is 123 Å². The number of rotatable bonds is 2. The van der Waals surface area contributed by atoms with E-state index in [1.807, 2.05) is 12.1 Å². The SMILES string of the molecule is CC(C)(c1nc2c(s1)CCc1ccccc1-2)S(C)(=O)=O. The first-order chi connectivity index (χ1) is 9.30. The normalized spacial score (nSPS) is 14.8. The van der Waals surface area contributed by atoms with Crippen LogP contribution in [0.5, 0.6) is 0 Å². The molecule has 1 heterocycles. The van der Waals surface area contributed by atoms with Gasteiger partial charge in [-0.1, -0.05) is 24.3 Å². The number of benzene rings is 1. The summed E-state index contributed by atoms with van der Waals surface area (Å²) in [5.41, 5.74) is 3.43. The molecule has 2 aromatic rings. The topological polar surface area (TPSA) is 47.0 Å². The summed E-state index contributed by atoms with van der Waals surface area (Å²) in [6, 6.07) is 8.25. The third-order valence-electron chi connectivity index (χ3n) is 4.03. The molecule has 0 bridgehead atoms. The van der Waals surface area contributed by atoms with Crippen LogP contribution in [0.2, 0.25) is 0 Å². The van der Waals surface area contributed by atoms with Gasteiger partial charge < -0.3 is 0 Å². The Hall–Kier alpha value is -1.20. The van der Waals surface area contributed by atoms with Crippen LogP contribution in [0.25, 0.3) is 11.3 Å². The average Bonchev–Trinajstić information content (AvgIpc) is 2.82. The molecule has 1 aliphatic rings. The lowest BCUT2D eigenvalue weighted by Crippen LogP contribution is -2.27. The van der Waals surface area contributed by atoms with E-state index in [0.717, 1.165) is 24.1 Å². The summed E-state index contributed by atoms with van der Waals surface area (Å²) >= 11 is 1.54. The zero-order valence-corrected chi connectivity index (χ0v) is 13.4. The highest BCUT2D eigenvalue weighted by molar-refractivity contribution is 7.91. The van der Waals surface area contributed by atoms with Crippen LogP contribution in [-0.2, 0) is 27.4 Å². The lowest BCUT2D eigenvalue weighted by molar-refractivity contribution is 0.560. The summed E-state index contributed by atoms with van der Waals surface area (Å²) in [4.78, 5) is 5.87. The molecule has 0 aliphatic heterocycles. The van der Waals surface area contributed by atoms with Gasteiger partial charge in [-0.15, -0.1) is 11.3 Å². The minimum absolute atomic E-state index is 0.696. The summed E-state index contributed by atoms with van der Waals surface area (Å²) in [6.45, 7) is 3.47. The Balaban J connectivity index is 2.17. The van der Waals surface area contributed by atoms with Crippen molar-refractivity contribution in [3.63, 3.8) is 0 Å². The summed E-state index contributed by atoms with van der Waals surface area (Å²) in [6.07, 6.45) is 3.23. The van der Waals surface area contributed by atoms with Crippen molar-refractivity contribution in [3.05, 3.63) is 39.7 Å². The van der Waals surface area contributed by atoms with Gasteiger partial charge in [-0.05, 0) is 32.3 Å². The monoisotopic (exact) mass is 307 g/mol. The van der Waals surface area contributed by atoms with Crippen molar-refractivity contribution < 1.29 is 8.42 Å². The third-order valence-corrected chi connectivity index (χ3v) is 7.65. The Morgan fingerprint density at radius 2 is 1.90 bits per heavy atom. The molecule has 106 valence electrons. The van der Waals surface area contributed by atoms with Crippen molar-refractivity contribution in [2.24, 2.45) is 0 Å². The molecule has 0 radical (unpaired) electrons. The average molecular weight is 307 g/mol. The third kappa shape index (κ3) is 2.00. The van der Waals surface area contributed by atoms with E-state index in [4.69, 9.17) is 0 Å². The molecule has 0 unspecified atom stereocenters. The Morgan fingerprint density at radius 3 is 2.60 bits per heavy atom. The fourth-order valence-electron chi connectivity index (χ4n) is 2.37. The molecule has 1 aliphatic carbocycles. The number of hydrogen-bond acceptors (Lipinski definition) is 4. The second kappa shape index (κ2) is 4.40. The van der Waals surface area contributed by atoms with Crippen LogP contribution in [-0.4, -0.2) is 19.7 Å². The van der Waals surface area contributed by atoms with Crippen molar-refractivity contribution in [2.75, 3.05) is 6.26 Å². The molecule has 0 N–H and O–H groups in total. The highest BCUT2D eigenvalue weighted by Gasteiger charge is 2.37. The molecule has 0 atom stereocenters. The summed E-state index contributed by atoms with van der Waals surface area (Å²) in [7, 11) is -3.18. The van der Waals surface area contributed by atoms with Crippen molar-refractivity contribution in [1.82, 2.24) is 4.98 Å². The first-order valence-electron chi connectivity index (χ1n) is 6.59. The van der Waals surface area contributed by atoms with Crippen molar-refractivity contribution >= 4 is 21.2 Å². The van der Waals surface area contributed by atoms with Gasteiger partial charge in [-0.3, -0.25) is 0 Å². The Morgan fingerprint density at radius 1 is 1.20 bits per heavy atom. The number of thiazole rings is 1. The fraction of sp³-hybridized carbons (Fsp3) is 0.400. The summed E-state index contributed by atoms with van der Waals surface area (Å²) in [5, 5.41) is 0.696. The zero-order valence-electron chi connectivity index (χ0n) is 11.8. The number of aromatic nitrogens is 1. The molecule has 0 saturated heterocycles. The number of hydrogen-bond donors (Lipinski definition) is 0. The van der Waals surface area contributed by atoms with Crippen LogP contribution in [0.15, 0.2) is 24.3 Å². The lowest BCUT2D eigenvalue weighted by Gasteiger charge is -2.19. The Kier molecular flexibility index (Phi) is 3.03. The molecule has 0 saturated carbocycles. The molecular formula is C15H17NO2S2. The van der Waals surface area contributed by atoms with Gasteiger partial charge in [0.15, 0.2) is 9.84 Å². The molecule has 0 spiro atoms. The number of fused-ring (bicyclic) bond motifs is 3. The van der Waals surface area contributed by atoms with Crippen LogP contribution >= 0.6 is 11.3 Å². The first kappa shape index (κ1) is 13.8. The van der Waals surface area contributed by atoms with Crippen LogP contribution in [0, 0.1) is 0 Å². The van der Waals surface area contributed by atoms with Crippen LogP contribution < -0.4 is 0 Å². The molecule has 0 amide bonds. The highest BCUT2D eigenvalue weighted by Crippen LogP contribution is 2.41. The van der Waals surface area contributed by atoms with Crippen molar-refractivity contribution in [1.29, 1.82) is 0 Å². The van der Waals surface area contributed by atoms with Crippen LogP contribution in [0.3, 0.4) is 0 Å². The van der Waals surface area contributed by atoms with Crippen molar-refractivity contribution in [2.45, 2.75) is 31.4 Å². The minimum atomic E-state index is -3.18. The van der Waals surface area contributed by atoms with Gasteiger partial charge in [0.05, 0.1) is 5.69 Å². The second-order valence-corrected chi connectivity index (χ2v) is 9.38. The van der Waals surface area contributed by atoms with Gasteiger partial charge >= 0.3 is 0 Å². The molecule has 0 fully saturated rings. The molecular weight excluding hydrogens is 290 g/mol. The molecule has 1 aromatic heterocycles. The lowest BCUT2D eigenvalue weighted by atomic mass is 9.94. The van der Waals surface area contributed by atoms with E-state index in [2.05, 4.69) is 17.1 Å². The minimum Gasteiger partial charge on any atom is -0.239 e. The van der Waals surface area contributed by atoms with Gasteiger partial charge in [0.1, 0.15) is 9.75 Å².